The van der Waals surface area contributed by atoms with Crippen LogP contribution in [-0.4, -0.2) is 40.5 Å². The number of hydrogen-bond acceptors (Lipinski definition) is 5. The third-order valence-electron chi connectivity index (χ3n) is 2.30. The van der Waals surface area contributed by atoms with Crippen molar-refractivity contribution in [1.82, 2.24) is 25.5 Å². The molecule has 0 spiro atoms. The number of methoxy groups -OCH3 is 1. The zero-order chi connectivity index (χ0) is 11.9. The van der Waals surface area contributed by atoms with Gasteiger partial charge in [0.05, 0.1) is 18.8 Å². The fourth-order valence-electron chi connectivity index (χ4n) is 1.46. The number of nitrogens with one attached hydrogen (secondary N) is 1. The fraction of sp³-hybridized carbons (Fsp3) is 0.364. The zero-order valence-corrected chi connectivity index (χ0v) is 9.71. The summed E-state index contributed by atoms with van der Waals surface area (Å²) in [5.74, 6) is 0.785. The van der Waals surface area contributed by atoms with Crippen molar-refractivity contribution in [3.8, 4) is 5.69 Å². The average molecular weight is 233 g/mol. The van der Waals surface area contributed by atoms with Crippen LogP contribution in [0.4, 0.5) is 0 Å². The van der Waals surface area contributed by atoms with Crippen molar-refractivity contribution in [1.29, 1.82) is 0 Å². The molecule has 0 amide bonds. The van der Waals surface area contributed by atoms with Crippen molar-refractivity contribution in [3.63, 3.8) is 0 Å². The third-order valence-corrected chi connectivity index (χ3v) is 2.30. The summed E-state index contributed by atoms with van der Waals surface area (Å²) in [5, 5.41) is 14.9. The molecule has 6 nitrogen and oxygen atoms in total. The van der Waals surface area contributed by atoms with E-state index in [9.17, 15) is 0 Å². The van der Waals surface area contributed by atoms with Gasteiger partial charge in [0.2, 0.25) is 0 Å². The molecular formula is C11H15N5O. The number of tetrazole rings is 1. The molecule has 0 atom stereocenters. The average Bonchev–Trinajstić information content (AvgIpc) is 2.84. The van der Waals surface area contributed by atoms with E-state index in [0.29, 0.717) is 13.2 Å². The molecule has 6 heteroatoms. The minimum atomic E-state index is 0.616. The fourth-order valence-corrected chi connectivity index (χ4v) is 1.46. The maximum absolute atomic E-state index is 4.96. The minimum Gasteiger partial charge on any atom is -0.383 e. The van der Waals surface area contributed by atoms with Crippen LogP contribution in [-0.2, 0) is 11.3 Å². The van der Waals surface area contributed by atoms with Gasteiger partial charge in [0.15, 0.2) is 5.82 Å². The van der Waals surface area contributed by atoms with Crippen molar-refractivity contribution in [2.24, 2.45) is 0 Å². The normalized spacial score (nSPS) is 10.6. The molecule has 0 radical (unpaired) electrons. The second kappa shape index (κ2) is 6.07. The van der Waals surface area contributed by atoms with E-state index in [2.05, 4.69) is 20.8 Å². The third kappa shape index (κ3) is 3.08. The summed E-state index contributed by atoms with van der Waals surface area (Å²) in [5.41, 5.74) is 0.959. The Bertz CT molecular complexity index is 442. The highest BCUT2D eigenvalue weighted by Gasteiger charge is 2.06. The van der Waals surface area contributed by atoms with E-state index in [1.807, 2.05) is 30.3 Å². The Labute approximate surface area is 99.6 Å². The molecule has 1 heterocycles. The smallest absolute Gasteiger partial charge is 0.170 e. The van der Waals surface area contributed by atoms with Crippen LogP contribution < -0.4 is 5.32 Å². The molecule has 0 saturated carbocycles. The summed E-state index contributed by atoms with van der Waals surface area (Å²) in [6.45, 7) is 2.07. The summed E-state index contributed by atoms with van der Waals surface area (Å²) in [4.78, 5) is 0. The van der Waals surface area contributed by atoms with Gasteiger partial charge in [-0.1, -0.05) is 18.2 Å². The lowest BCUT2D eigenvalue weighted by atomic mass is 10.3. The number of aromatic nitrogens is 4. The first kappa shape index (κ1) is 11.7. The van der Waals surface area contributed by atoms with Crippen molar-refractivity contribution in [3.05, 3.63) is 36.2 Å². The lowest BCUT2D eigenvalue weighted by Crippen LogP contribution is -2.21. The minimum absolute atomic E-state index is 0.616. The molecule has 1 N–H and O–H groups in total. The molecular weight excluding hydrogens is 218 g/mol. The first-order valence-corrected chi connectivity index (χ1v) is 5.44. The van der Waals surface area contributed by atoms with Crippen LogP contribution in [0.2, 0.25) is 0 Å². The van der Waals surface area contributed by atoms with Gasteiger partial charge in [-0.2, -0.15) is 4.68 Å². The van der Waals surface area contributed by atoms with Crippen LogP contribution in [0.15, 0.2) is 30.3 Å². The first-order chi connectivity index (χ1) is 8.42. The van der Waals surface area contributed by atoms with Crippen molar-refractivity contribution in [2.45, 2.75) is 6.54 Å². The molecule has 1 aromatic heterocycles. The summed E-state index contributed by atoms with van der Waals surface area (Å²) >= 11 is 0. The summed E-state index contributed by atoms with van der Waals surface area (Å²) in [6, 6.07) is 9.81. The Morgan fingerprint density at radius 2 is 2.12 bits per heavy atom. The van der Waals surface area contributed by atoms with Gasteiger partial charge in [-0.05, 0) is 22.6 Å². The number of nitrogens with zero attached hydrogens (tertiary/aromatic N) is 4. The van der Waals surface area contributed by atoms with Crippen LogP contribution in [0.5, 0.6) is 0 Å². The quantitative estimate of drug-likeness (QED) is 0.731. The standard InChI is InChI=1S/C11H15N5O/c1-17-8-7-12-9-11-13-14-15-16(11)10-5-3-2-4-6-10/h2-6,12H,7-9H2,1H3. The van der Waals surface area contributed by atoms with Gasteiger partial charge >= 0.3 is 0 Å². The van der Waals surface area contributed by atoms with Crippen LogP contribution in [0.3, 0.4) is 0 Å². The Morgan fingerprint density at radius 3 is 2.88 bits per heavy atom. The van der Waals surface area contributed by atoms with Crippen molar-refractivity contribution >= 4 is 0 Å². The van der Waals surface area contributed by atoms with E-state index < -0.39 is 0 Å². The van der Waals surface area contributed by atoms with Gasteiger partial charge in [0.25, 0.3) is 0 Å². The van der Waals surface area contributed by atoms with Crippen LogP contribution in [0, 0.1) is 0 Å². The number of hydrogen-bond donors (Lipinski definition) is 1. The lowest BCUT2D eigenvalue weighted by Gasteiger charge is -2.05. The Balaban J connectivity index is 2.02. The maximum atomic E-state index is 4.96. The van der Waals surface area contributed by atoms with Crippen LogP contribution in [0.1, 0.15) is 5.82 Å². The van der Waals surface area contributed by atoms with Crippen LogP contribution in [0.25, 0.3) is 5.69 Å². The molecule has 2 aromatic rings. The zero-order valence-electron chi connectivity index (χ0n) is 9.71. The second-order valence-corrected chi connectivity index (χ2v) is 3.51. The number of ether oxygens (including phenoxy) is 1. The number of benzene rings is 1. The first-order valence-electron chi connectivity index (χ1n) is 5.44. The van der Waals surface area contributed by atoms with Gasteiger partial charge in [-0.15, -0.1) is 5.10 Å². The Morgan fingerprint density at radius 1 is 1.29 bits per heavy atom. The molecule has 0 saturated heterocycles. The van der Waals surface area contributed by atoms with Gasteiger partial charge in [-0.3, -0.25) is 0 Å². The van der Waals surface area contributed by atoms with E-state index in [-0.39, 0.29) is 0 Å². The molecule has 90 valence electrons. The van der Waals surface area contributed by atoms with E-state index in [1.165, 1.54) is 0 Å². The van der Waals surface area contributed by atoms with Gasteiger partial charge in [-0.25, -0.2) is 0 Å². The molecule has 2 rings (SSSR count). The predicted molar refractivity (Wildman–Crippen MR) is 62.7 cm³/mol. The van der Waals surface area contributed by atoms with E-state index >= 15 is 0 Å². The largest absolute Gasteiger partial charge is 0.383 e. The molecule has 1 aromatic carbocycles. The highest BCUT2D eigenvalue weighted by Crippen LogP contribution is 2.06. The Kier molecular flexibility index (Phi) is 4.17. The van der Waals surface area contributed by atoms with Gasteiger partial charge < -0.3 is 10.1 Å². The second-order valence-electron chi connectivity index (χ2n) is 3.51. The van der Waals surface area contributed by atoms with Crippen LogP contribution >= 0.6 is 0 Å². The van der Waals surface area contributed by atoms with E-state index in [4.69, 9.17) is 4.74 Å². The predicted octanol–water partition coefficient (Wildman–Crippen LogP) is 0.398. The highest BCUT2D eigenvalue weighted by atomic mass is 16.5. The molecule has 0 aliphatic carbocycles. The Hall–Kier alpha value is -1.79. The SMILES string of the molecule is COCCNCc1nnnn1-c1ccccc1. The van der Waals surface area contributed by atoms with Crippen molar-refractivity contribution in [2.75, 3.05) is 20.3 Å². The molecule has 0 bridgehead atoms. The molecule has 0 fully saturated rings. The monoisotopic (exact) mass is 233 g/mol. The van der Waals surface area contributed by atoms with Crippen molar-refractivity contribution < 1.29 is 4.74 Å². The summed E-state index contributed by atoms with van der Waals surface area (Å²) in [6.07, 6.45) is 0. The number of para-hydroxylation sites is 1. The van der Waals surface area contributed by atoms with E-state index in [0.717, 1.165) is 18.1 Å². The summed E-state index contributed by atoms with van der Waals surface area (Å²) in [7, 11) is 1.68. The molecule has 0 aliphatic heterocycles. The van der Waals surface area contributed by atoms with Gasteiger partial charge in [0, 0.05) is 13.7 Å². The summed E-state index contributed by atoms with van der Waals surface area (Å²) < 4.78 is 6.68. The van der Waals surface area contributed by atoms with E-state index in [1.54, 1.807) is 11.8 Å². The molecule has 0 unspecified atom stereocenters. The highest BCUT2D eigenvalue weighted by molar-refractivity contribution is 5.30. The maximum Gasteiger partial charge on any atom is 0.170 e. The molecule has 17 heavy (non-hydrogen) atoms. The lowest BCUT2D eigenvalue weighted by molar-refractivity contribution is 0.199. The van der Waals surface area contributed by atoms with Gasteiger partial charge in [0.1, 0.15) is 0 Å². The topological polar surface area (TPSA) is 64.9 Å². The molecule has 0 aliphatic rings. The number of rotatable bonds is 6.